The molecule has 4 aromatic rings. The molecule has 0 fully saturated rings. The third kappa shape index (κ3) is 2.47. The largest absolute Gasteiger partial charge is 0.264 e. The highest BCUT2D eigenvalue weighted by Gasteiger charge is 2.09. The minimum atomic E-state index is 0.731. The number of aromatic nitrogens is 3. The molecule has 0 aliphatic carbocycles. The van der Waals surface area contributed by atoms with Gasteiger partial charge in [-0.2, -0.15) is 0 Å². The van der Waals surface area contributed by atoms with E-state index in [0.29, 0.717) is 0 Å². The Hall–Kier alpha value is -2.30. The Morgan fingerprint density at radius 3 is 2.55 bits per heavy atom. The summed E-state index contributed by atoms with van der Waals surface area (Å²) < 4.78 is 1.06. The number of halogens is 1. The molecule has 5 heteroatoms. The molecule has 106 valence electrons. The molecule has 0 N–H and O–H groups in total. The molecule has 0 saturated carbocycles. The van der Waals surface area contributed by atoms with Crippen molar-refractivity contribution in [3.63, 3.8) is 0 Å². The fourth-order valence-corrected chi connectivity index (χ4v) is 3.31. The molecule has 4 rings (SSSR count). The van der Waals surface area contributed by atoms with Crippen LogP contribution in [0.3, 0.4) is 0 Å². The van der Waals surface area contributed by atoms with Gasteiger partial charge in [0.2, 0.25) is 0 Å². The average molecular weight is 324 g/mol. The molecule has 0 unspecified atom stereocenters. The van der Waals surface area contributed by atoms with Gasteiger partial charge in [0.15, 0.2) is 5.65 Å². The highest BCUT2D eigenvalue weighted by atomic mass is 35.5. The first-order valence-electron chi connectivity index (χ1n) is 6.72. The van der Waals surface area contributed by atoms with E-state index >= 15 is 0 Å². The summed E-state index contributed by atoms with van der Waals surface area (Å²) in [6, 6.07) is 13.8. The van der Waals surface area contributed by atoms with Crippen molar-refractivity contribution in [3.05, 3.63) is 66.1 Å². The normalized spacial score (nSPS) is 11.0. The predicted octanol–water partition coefficient (Wildman–Crippen LogP) is 5.07. The van der Waals surface area contributed by atoms with Gasteiger partial charge in [0.05, 0.1) is 4.70 Å². The lowest BCUT2D eigenvalue weighted by molar-refractivity contribution is 1.30. The van der Waals surface area contributed by atoms with Crippen molar-refractivity contribution >= 4 is 33.3 Å². The van der Waals surface area contributed by atoms with E-state index in [-0.39, 0.29) is 0 Å². The average Bonchev–Trinajstić information content (AvgIpc) is 2.99. The van der Waals surface area contributed by atoms with Gasteiger partial charge >= 0.3 is 0 Å². The second kappa shape index (κ2) is 5.48. The van der Waals surface area contributed by atoms with Gasteiger partial charge in [0.1, 0.15) is 5.01 Å². The third-order valence-electron chi connectivity index (χ3n) is 3.33. The van der Waals surface area contributed by atoms with E-state index in [1.165, 1.54) is 0 Å². The summed E-state index contributed by atoms with van der Waals surface area (Å²) in [5, 5.41) is 1.67. The van der Waals surface area contributed by atoms with Crippen molar-refractivity contribution in [1.82, 2.24) is 15.0 Å². The van der Waals surface area contributed by atoms with Crippen LogP contribution in [0.15, 0.2) is 61.1 Å². The molecular weight excluding hydrogens is 314 g/mol. The molecule has 3 heterocycles. The minimum absolute atomic E-state index is 0.731. The third-order valence-corrected chi connectivity index (χ3v) is 4.63. The van der Waals surface area contributed by atoms with E-state index in [1.54, 1.807) is 17.5 Å². The summed E-state index contributed by atoms with van der Waals surface area (Å²) in [7, 11) is 0. The van der Waals surface area contributed by atoms with E-state index < -0.39 is 0 Å². The lowest BCUT2D eigenvalue weighted by Crippen LogP contribution is -1.81. The second-order valence-corrected chi connectivity index (χ2v) is 6.28. The molecule has 0 saturated heterocycles. The molecule has 0 aliphatic heterocycles. The first-order valence-corrected chi connectivity index (χ1v) is 7.92. The fraction of sp³-hybridized carbons (Fsp3) is 0. The van der Waals surface area contributed by atoms with Crippen LogP contribution in [0.25, 0.3) is 32.0 Å². The number of pyridine rings is 2. The Bertz CT molecular complexity index is 933. The molecule has 1 aromatic carbocycles. The molecule has 0 aliphatic rings. The van der Waals surface area contributed by atoms with Crippen LogP contribution in [0.4, 0.5) is 0 Å². The van der Waals surface area contributed by atoms with Crippen molar-refractivity contribution in [2.75, 3.05) is 0 Å². The molecule has 3 aromatic heterocycles. The standard InChI is InChI=1S/C17H10ClN3S/c18-14-5-3-11(4-6-14)13-8-15-16(20-10-13)21-17(22-15)12-2-1-7-19-9-12/h1-10H. The van der Waals surface area contributed by atoms with Gasteiger partial charge in [0, 0.05) is 34.7 Å². The molecule has 3 nitrogen and oxygen atoms in total. The number of benzene rings is 1. The molecule has 0 bridgehead atoms. The van der Waals surface area contributed by atoms with Gasteiger partial charge in [-0.15, -0.1) is 11.3 Å². The summed E-state index contributed by atoms with van der Waals surface area (Å²) >= 11 is 7.56. The van der Waals surface area contributed by atoms with Crippen LogP contribution in [0.5, 0.6) is 0 Å². The maximum atomic E-state index is 5.94. The van der Waals surface area contributed by atoms with Crippen molar-refractivity contribution in [1.29, 1.82) is 0 Å². The number of rotatable bonds is 2. The van der Waals surface area contributed by atoms with E-state index in [4.69, 9.17) is 11.6 Å². The highest BCUT2D eigenvalue weighted by Crippen LogP contribution is 2.31. The molecule has 0 spiro atoms. The molecule has 0 radical (unpaired) electrons. The van der Waals surface area contributed by atoms with Crippen molar-refractivity contribution < 1.29 is 0 Å². The highest BCUT2D eigenvalue weighted by molar-refractivity contribution is 7.21. The first kappa shape index (κ1) is 13.4. The van der Waals surface area contributed by atoms with Gasteiger partial charge in [-0.05, 0) is 35.9 Å². The van der Waals surface area contributed by atoms with Crippen LogP contribution >= 0.6 is 22.9 Å². The van der Waals surface area contributed by atoms with Gasteiger partial charge in [-0.3, -0.25) is 4.98 Å². The summed E-state index contributed by atoms with van der Waals surface area (Å²) in [5.74, 6) is 0. The lowest BCUT2D eigenvalue weighted by Gasteiger charge is -2.00. The lowest BCUT2D eigenvalue weighted by atomic mass is 10.1. The topological polar surface area (TPSA) is 38.7 Å². The maximum absolute atomic E-state index is 5.94. The predicted molar refractivity (Wildman–Crippen MR) is 91.1 cm³/mol. The quantitative estimate of drug-likeness (QED) is 0.516. The van der Waals surface area contributed by atoms with Gasteiger partial charge in [-0.25, -0.2) is 9.97 Å². The smallest absolute Gasteiger partial charge is 0.170 e. The summed E-state index contributed by atoms with van der Waals surface area (Å²) in [5.41, 5.74) is 3.93. The fourth-order valence-electron chi connectivity index (χ4n) is 2.23. The number of hydrogen-bond acceptors (Lipinski definition) is 4. The molecule has 0 amide bonds. The van der Waals surface area contributed by atoms with Crippen LogP contribution in [0.1, 0.15) is 0 Å². The number of hydrogen-bond donors (Lipinski definition) is 0. The Labute approximate surface area is 136 Å². The van der Waals surface area contributed by atoms with Crippen LogP contribution in [0.2, 0.25) is 5.02 Å². The van der Waals surface area contributed by atoms with Crippen molar-refractivity contribution in [3.8, 4) is 21.7 Å². The molecular formula is C17H10ClN3S. The number of thiazole rings is 1. The number of fused-ring (bicyclic) bond motifs is 1. The van der Waals surface area contributed by atoms with Crippen LogP contribution in [-0.2, 0) is 0 Å². The van der Waals surface area contributed by atoms with Crippen LogP contribution in [0, 0.1) is 0 Å². The van der Waals surface area contributed by atoms with Gasteiger partial charge < -0.3 is 0 Å². The molecule has 22 heavy (non-hydrogen) atoms. The first-order chi connectivity index (χ1) is 10.8. The maximum Gasteiger partial charge on any atom is 0.170 e. The Morgan fingerprint density at radius 2 is 1.77 bits per heavy atom. The zero-order valence-electron chi connectivity index (χ0n) is 11.4. The summed E-state index contributed by atoms with van der Waals surface area (Å²) in [4.78, 5) is 13.2. The zero-order chi connectivity index (χ0) is 14.9. The van der Waals surface area contributed by atoms with Crippen LogP contribution < -0.4 is 0 Å². The van der Waals surface area contributed by atoms with Crippen LogP contribution in [-0.4, -0.2) is 15.0 Å². The van der Waals surface area contributed by atoms with Gasteiger partial charge in [0.25, 0.3) is 0 Å². The van der Waals surface area contributed by atoms with Gasteiger partial charge in [-0.1, -0.05) is 23.7 Å². The van der Waals surface area contributed by atoms with Crippen molar-refractivity contribution in [2.45, 2.75) is 0 Å². The molecule has 0 atom stereocenters. The Kier molecular flexibility index (Phi) is 3.33. The summed E-state index contributed by atoms with van der Waals surface area (Å²) in [6.45, 7) is 0. The van der Waals surface area contributed by atoms with E-state index in [0.717, 1.165) is 37.1 Å². The number of nitrogens with zero attached hydrogens (tertiary/aromatic N) is 3. The minimum Gasteiger partial charge on any atom is -0.264 e. The zero-order valence-corrected chi connectivity index (χ0v) is 13.0. The SMILES string of the molecule is Clc1ccc(-c2cnc3nc(-c4cccnc4)sc3c2)cc1. The van der Waals surface area contributed by atoms with E-state index in [9.17, 15) is 0 Å². The van der Waals surface area contributed by atoms with E-state index in [2.05, 4.69) is 21.0 Å². The van der Waals surface area contributed by atoms with E-state index in [1.807, 2.05) is 48.8 Å². The Balaban J connectivity index is 1.80. The monoisotopic (exact) mass is 323 g/mol. The second-order valence-electron chi connectivity index (χ2n) is 4.81. The summed E-state index contributed by atoms with van der Waals surface area (Å²) in [6.07, 6.45) is 5.42. The van der Waals surface area contributed by atoms with Crippen molar-refractivity contribution in [2.24, 2.45) is 0 Å². The Morgan fingerprint density at radius 1 is 0.909 bits per heavy atom.